The van der Waals surface area contributed by atoms with Crippen molar-refractivity contribution in [1.82, 2.24) is 20.1 Å². The molecule has 0 fully saturated rings. The van der Waals surface area contributed by atoms with Crippen molar-refractivity contribution in [1.29, 1.82) is 0 Å². The quantitative estimate of drug-likeness (QED) is 0.545. The molecular formula is C23H22N4S. The lowest BCUT2D eigenvalue weighted by atomic mass is 9.91. The lowest BCUT2D eigenvalue weighted by molar-refractivity contribution is 0.241. The zero-order valence-corrected chi connectivity index (χ0v) is 16.4. The highest BCUT2D eigenvalue weighted by molar-refractivity contribution is 7.10. The number of hydrogen-bond acceptors (Lipinski definition) is 4. The van der Waals surface area contributed by atoms with E-state index in [4.69, 9.17) is 4.98 Å². The molecule has 0 amide bonds. The molecule has 0 saturated carbocycles. The van der Waals surface area contributed by atoms with Crippen LogP contribution in [0, 0.1) is 0 Å². The van der Waals surface area contributed by atoms with Gasteiger partial charge in [-0.2, -0.15) is 5.10 Å². The molecule has 0 saturated heterocycles. The maximum absolute atomic E-state index is 4.90. The van der Waals surface area contributed by atoms with Crippen LogP contribution in [0.2, 0.25) is 0 Å². The van der Waals surface area contributed by atoms with Crippen LogP contribution in [0.5, 0.6) is 0 Å². The smallest absolute Gasteiger partial charge is 0.162 e. The Balaban J connectivity index is 1.40. The number of aromatic amines is 1. The molecule has 2 aromatic carbocycles. The van der Waals surface area contributed by atoms with Gasteiger partial charge in [-0.3, -0.25) is 10.00 Å². The second-order valence-electron chi connectivity index (χ2n) is 7.22. The first-order chi connectivity index (χ1) is 13.9. The third-order valence-electron chi connectivity index (χ3n) is 5.33. The molecule has 1 aliphatic rings. The van der Waals surface area contributed by atoms with Crippen molar-refractivity contribution in [2.24, 2.45) is 0 Å². The molecule has 5 heteroatoms. The number of aromatic nitrogens is 3. The number of hydrogen-bond donors (Lipinski definition) is 1. The lowest BCUT2D eigenvalue weighted by Gasteiger charge is -2.25. The van der Waals surface area contributed by atoms with E-state index in [1.807, 2.05) is 23.5 Å². The summed E-state index contributed by atoms with van der Waals surface area (Å²) in [6.07, 6.45) is 1.13. The highest BCUT2D eigenvalue weighted by Crippen LogP contribution is 2.30. The molecule has 3 heterocycles. The van der Waals surface area contributed by atoms with Gasteiger partial charge in [0.2, 0.25) is 0 Å². The number of benzene rings is 2. The summed E-state index contributed by atoms with van der Waals surface area (Å²) in [5, 5.41) is 10.00. The Morgan fingerprint density at radius 3 is 2.39 bits per heavy atom. The summed E-state index contributed by atoms with van der Waals surface area (Å²) < 4.78 is 0. The van der Waals surface area contributed by atoms with Gasteiger partial charge in [0.05, 0.1) is 12.5 Å². The number of rotatable bonds is 5. The van der Waals surface area contributed by atoms with Crippen LogP contribution in [0.1, 0.15) is 39.1 Å². The van der Waals surface area contributed by atoms with Crippen LogP contribution in [-0.2, 0) is 19.5 Å². The van der Waals surface area contributed by atoms with Crippen LogP contribution in [0.3, 0.4) is 0 Å². The second kappa shape index (κ2) is 7.70. The van der Waals surface area contributed by atoms with Crippen LogP contribution < -0.4 is 0 Å². The largest absolute Gasteiger partial charge is 0.291 e. The molecule has 0 radical (unpaired) electrons. The van der Waals surface area contributed by atoms with Crippen molar-refractivity contribution >= 4 is 11.3 Å². The van der Waals surface area contributed by atoms with E-state index in [2.05, 4.69) is 75.1 Å². The molecular weight excluding hydrogens is 364 g/mol. The number of nitrogens with one attached hydrogen (secondary N) is 1. The van der Waals surface area contributed by atoms with Crippen molar-refractivity contribution in [3.8, 4) is 0 Å². The van der Waals surface area contributed by atoms with Crippen LogP contribution in [0.25, 0.3) is 0 Å². The molecule has 0 bridgehead atoms. The Labute approximate surface area is 168 Å². The van der Waals surface area contributed by atoms with Crippen molar-refractivity contribution in [2.75, 3.05) is 6.54 Å². The average Bonchev–Trinajstić information content (AvgIpc) is 3.39. The Morgan fingerprint density at radius 2 is 1.68 bits per heavy atom. The van der Waals surface area contributed by atoms with Gasteiger partial charge in [0, 0.05) is 18.0 Å². The minimum Gasteiger partial charge on any atom is -0.291 e. The van der Waals surface area contributed by atoms with Gasteiger partial charge in [0.15, 0.2) is 5.82 Å². The number of H-pyrrole nitrogens is 1. The number of nitrogens with zero attached hydrogens (tertiary/aromatic N) is 3. The first kappa shape index (κ1) is 17.3. The molecule has 4 nitrogen and oxygen atoms in total. The van der Waals surface area contributed by atoms with Crippen molar-refractivity contribution in [2.45, 2.75) is 25.4 Å². The van der Waals surface area contributed by atoms with E-state index in [0.717, 1.165) is 37.7 Å². The van der Waals surface area contributed by atoms with Crippen LogP contribution in [0.4, 0.5) is 0 Å². The summed E-state index contributed by atoms with van der Waals surface area (Å²) in [7, 11) is 0. The van der Waals surface area contributed by atoms with E-state index in [1.54, 1.807) is 0 Å². The predicted octanol–water partition coefficient (Wildman–Crippen LogP) is 4.60. The molecule has 140 valence electrons. The standard InChI is InChI=1S/C23H22N4S/c1-3-7-17(8-4-1)22(18-9-5-2-6-10-18)23-24-21(25-26-23)16-27-13-11-20-19(15-27)12-14-28-20/h1-10,12,14,22H,11,13,15-16H2,(H,24,25,26). The Kier molecular flexibility index (Phi) is 4.77. The second-order valence-corrected chi connectivity index (χ2v) is 8.23. The molecule has 0 aliphatic carbocycles. The van der Waals surface area contributed by atoms with E-state index >= 15 is 0 Å². The van der Waals surface area contributed by atoms with Gasteiger partial charge in [0.1, 0.15) is 5.82 Å². The minimum atomic E-state index is 0.0391. The van der Waals surface area contributed by atoms with E-state index < -0.39 is 0 Å². The van der Waals surface area contributed by atoms with Crippen molar-refractivity contribution < 1.29 is 0 Å². The van der Waals surface area contributed by atoms with E-state index in [9.17, 15) is 0 Å². The van der Waals surface area contributed by atoms with Gasteiger partial charge >= 0.3 is 0 Å². The Hall–Kier alpha value is -2.76. The van der Waals surface area contributed by atoms with Crippen LogP contribution >= 0.6 is 11.3 Å². The lowest BCUT2D eigenvalue weighted by Crippen LogP contribution is -2.29. The van der Waals surface area contributed by atoms with Crippen LogP contribution in [0.15, 0.2) is 72.1 Å². The van der Waals surface area contributed by atoms with Gasteiger partial charge in [-0.15, -0.1) is 11.3 Å². The highest BCUT2D eigenvalue weighted by atomic mass is 32.1. The number of thiophene rings is 1. The fraction of sp³-hybridized carbons (Fsp3) is 0.217. The third-order valence-corrected chi connectivity index (χ3v) is 6.36. The molecule has 0 unspecified atom stereocenters. The van der Waals surface area contributed by atoms with Crippen LogP contribution in [-0.4, -0.2) is 26.6 Å². The van der Waals surface area contributed by atoms with E-state index in [0.29, 0.717) is 0 Å². The third kappa shape index (κ3) is 3.51. The SMILES string of the molecule is c1ccc(C(c2ccccc2)c2n[nH]c(CN3CCc4sccc4C3)n2)cc1. The fourth-order valence-electron chi connectivity index (χ4n) is 3.95. The Bertz CT molecular complexity index is 999. The predicted molar refractivity (Wildman–Crippen MR) is 112 cm³/mol. The van der Waals surface area contributed by atoms with Gasteiger partial charge < -0.3 is 0 Å². The van der Waals surface area contributed by atoms with Gasteiger partial charge in [-0.25, -0.2) is 4.98 Å². The molecule has 5 rings (SSSR count). The van der Waals surface area contributed by atoms with Crippen molar-refractivity contribution in [3.05, 3.63) is 105 Å². The summed E-state index contributed by atoms with van der Waals surface area (Å²) >= 11 is 1.87. The van der Waals surface area contributed by atoms with E-state index in [1.165, 1.54) is 21.6 Å². The summed E-state index contributed by atoms with van der Waals surface area (Å²) in [5.41, 5.74) is 3.88. The molecule has 0 spiro atoms. The maximum atomic E-state index is 4.90. The highest BCUT2D eigenvalue weighted by Gasteiger charge is 2.23. The van der Waals surface area contributed by atoms with E-state index in [-0.39, 0.29) is 5.92 Å². The zero-order chi connectivity index (χ0) is 18.8. The number of fused-ring (bicyclic) bond motifs is 1. The molecule has 2 aromatic heterocycles. The minimum absolute atomic E-state index is 0.0391. The maximum Gasteiger partial charge on any atom is 0.162 e. The van der Waals surface area contributed by atoms with Gasteiger partial charge in [-0.1, -0.05) is 60.7 Å². The first-order valence-corrected chi connectivity index (χ1v) is 10.5. The normalized spacial score (nSPS) is 14.3. The van der Waals surface area contributed by atoms with Gasteiger partial charge in [0.25, 0.3) is 0 Å². The molecule has 1 aliphatic heterocycles. The average molecular weight is 387 g/mol. The monoisotopic (exact) mass is 386 g/mol. The first-order valence-electron chi connectivity index (χ1n) is 9.65. The fourth-order valence-corrected chi connectivity index (χ4v) is 4.83. The zero-order valence-electron chi connectivity index (χ0n) is 15.6. The Morgan fingerprint density at radius 1 is 0.964 bits per heavy atom. The topological polar surface area (TPSA) is 44.8 Å². The molecule has 28 heavy (non-hydrogen) atoms. The summed E-state index contributed by atoms with van der Waals surface area (Å²) in [6, 6.07) is 23.2. The molecule has 0 atom stereocenters. The summed E-state index contributed by atoms with van der Waals surface area (Å²) in [4.78, 5) is 8.87. The van der Waals surface area contributed by atoms with Gasteiger partial charge in [-0.05, 0) is 34.6 Å². The summed E-state index contributed by atoms with van der Waals surface area (Å²) in [6.45, 7) is 2.87. The molecule has 1 N–H and O–H groups in total. The summed E-state index contributed by atoms with van der Waals surface area (Å²) in [5.74, 6) is 1.81. The molecule has 4 aromatic rings. The van der Waals surface area contributed by atoms with Crippen molar-refractivity contribution in [3.63, 3.8) is 0 Å².